The summed E-state index contributed by atoms with van der Waals surface area (Å²) in [7, 11) is 1.93. The van der Waals surface area contributed by atoms with Crippen LogP contribution in [0.2, 0.25) is 5.02 Å². The van der Waals surface area contributed by atoms with E-state index < -0.39 is 0 Å². The first-order valence-corrected chi connectivity index (χ1v) is 7.19. The molecule has 0 amide bonds. The normalized spacial score (nSPS) is 20.2. The number of hydrogen-bond acceptors (Lipinski definition) is 3. The van der Waals surface area contributed by atoms with Gasteiger partial charge in [0.25, 0.3) is 0 Å². The van der Waals surface area contributed by atoms with Crippen molar-refractivity contribution in [1.82, 2.24) is 10.3 Å². The minimum atomic E-state index is 0.596. The van der Waals surface area contributed by atoms with E-state index in [1.54, 1.807) is 0 Å². The quantitative estimate of drug-likeness (QED) is 0.908. The smallest absolute Gasteiger partial charge is 0.147 e. The molecule has 1 N–H and O–H groups in total. The van der Waals surface area contributed by atoms with E-state index in [2.05, 4.69) is 22.1 Å². The van der Waals surface area contributed by atoms with Crippen LogP contribution in [-0.4, -0.2) is 24.6 Å². The van der Waals surface area contributed by atoms with Crippen molar-refractivity contribution in [3.63, 3.8) is 0 Å². The fourth-order valence-corrected chi connectivity index (χ4v) is 2.98. The summed E-state index contributed by atoms with van der Waals surface area (Å²) in [6.07, 6.45) is 6.92. The Kier molecular flexibility index (Phi) is 4.84. The van der Waals surface area contributed by atoms with E-state index in [1.165, 1.54) is 19.3 Å². The van der Waals surface area contributed by atoms with E-state index in [1.807, 2.05) is 19.3 Å². The van der Waals surface area contributed by atoms with Crippen LogP contribution >= 0.6 is 11.6 Å². The first kappa shape index (κ1) is 13.6. The number of rotatable bonds is 4. The molecule has 3 nitrogen and oxygen atoms in total. The third-order valence-corrected chi connectivity index (χ3v) is 3.91. The number of hydrogen-bond donors (Lipinski definition) is 1. The van der Waals surface area contributed by atoms with Gasteiger partial charge < -0.3 is 10.2 Å². The first-order valence-electron chi connectivity index (χ1n) is 6.82. The van der Waals surface area contributed by atoms with E-state index in [4.69, 9.17) is 11.6 Å². The van der Waals surface area contributed by atoms with Crippen molar-refractivity contribution in [3.05, 3.63) is 22.8 Å². The van der Waals surface area contributed by atoms with E-state index >= 15 is 0 Å². The number of halogens is 1. The molecule has 1 saturated heterocycles. The predicted molar refractivity (Wildman–Crippen MR) is 77.3 cm³/mol. The van der Waals surface area contributed by atoms with Gasteiger partial charge in [-0.15, -0.1) is 0 Å². The molecule has 0 bridgehead atoms. The van der Waals surface area contributed by atoms with Crippen molar-refractivity contribution < 1.29 is 0 Å². The van der Waals surface area contributed by atoms with Gasteiger partial charge in [0.2, 0.25) is 0 Å². The summed E-state index contributed by atoms with van der Waals surface area (Å²) >= 11 is 6.39. The maximum absolute atomic E-state index is 6.39. The molecule has 18 heavy (non-hydrogen) atoms. The highest BCUT2D eigenvalue weighted by atomic mass is 35.5. The van der Waals surface area contributed by atoms with Crippen molar-refractivity contribution in [1.29, 1.82) is 0 Å². The van der Waals surface area contributed by atoms with Gasteiger partial charge in [-0.1, -0.05) is 18.5 Å². The standard InChI is InChI=1S/C14H22ClN3/c1-3-12-6-4-5-7-18(12)14-13(15)8-11(9-16-2)10-17-14/h8,10,12,16H,3-7,9H2,1-2H3. The molecule has 100 valence electrons. The first-order chi connectivity index (χ1) is 8.76. The fraction of sp³-hybridized carbons (Fsp3) is 0.643. The lowest BCUT2D eigenvalue weighted by atomic mass is 10.00. The van der Waals surface area contributed by atoms with Crippen LogP contribution in [0.1, 0.15) is 38.2 Å². The van der Waals surface area contributed by atoms with Crippen LogP contribution in [0.3, 0.4) is 0 Å². The number of piperidine rings is 1. The molecule has 2 rings (SSSR count). The lowest BCUT2D eigenvalue weighted by Crippen LogP contribution is -2.39. The van der Waals surface area contributed by atoms with Crippen LogP contribution in [0.4, 0.5) is 5.82 Å². The predicted octanol–water partition coefficient (Wildman–Crippen LogP) is 3.22. The van der Waals surface area contributed by atoms with Crippen LogP contribution in [0.25, 0.3) is 0 Å². The number of anilines is 1. The van der Waals surface area contributed by atoms with Crippen LogP contribution < -0.4 is 10.2 Å². The van der Waals surface area contributed by atoms with Crippen LogP contribution in [0.15, 0.2) is 12.3 Å². The van der Waals surface area contributed by atoms with Gasteiger partial charge in [0.05, 0.1) is 5.02 Å². The molecule has 1 aliphatic heterocycles. The molecule has 0 radical (unpaired) electrons. The molecule has 1 atom stereocenters. The van der Waals surface area contributed by atoms with Gasteiger partial charge in [-0.25, -0.2) is 4.98 Å². The lowest BCUT2D eigenvalue weighted by Gasteiger charge is -2.36. The van der Waals surface area contributed by atoms with Gasteiger partial charge in [0, 0.05) is 25.3 Å². The van der Waals surface area contributed by atoms with Crippen molar-refractivity contribution in [2.45, 2.75) is 45.2 Å². The van der Waals surface area contributed by atoms with Gasteiger partial charge in [-0.05, 0) is 44.4 Å². The molecule has 1 aliphatic rings. The zero-order chi connectivity index (χ0) is 13.0. The number of pyridine rings is 1. The Balaban J connectivity index is 2.21. The molecule has 2 heterocycles. The van der Waals surface area contributed by atoms with E-state index in [-0.39, 0.29) is 0 Å². The molecular formula is C14H22ClN3. The summed E-state index contributed by atoms with van der Waals surface area (Å²) in [5.74, 6) is 0.961. The van der Waals surface area contributed by atoms with Crippen molar-refractivity contribution >= 4 is 17.4 Å². The molecule has 0 aliphatic carbocycles. The topological polar surface area (TPSA) is 28.2 Å². The Morgan fingerprint density at radius 3 is 3.00 bits per heavy atom. The molecule has 1 fully saturated rings. The highest BCUT2D eigenvalue weighted by Gasteiger charge is 2.23. The molecule has 0 saturated carbocycles. The van der Waals surface area contributed by atoms with Gasteiger partial charge in [-0.2, -0.15) is 0 Å². The molecule has 1 aromatic heterocycles. The molecule has 0 spiro atoms. The minimum Gasteiger partial charge on any atom is -0.352 e. The van der Waals surface area contributed by atoms with Gasteiger partial charge in [0.1, 0.15) is 5.82 Å². The van der Waals surface area contributed by atoms with Crippen molar-refractivity contribution in [3.8, 4) is 0 Å². The van der Waals surface area contributed by atoms with E-state index in [9.17, 15) is 0 Å². The zero-order valence-corrected chi connectivity index (χ0v) is 12.0. The molecule has 1 unspecified atom stereocenters. The van der Waals surface area contributed by atoms with Gasteiger partial charge in [0.15, 0.2) is 0 Å². The van der Waals surface area contributed by atoms with Crippen molar-refractivity contribution in [2.75, 3.05) is 18.5 Å². The number of nitrogens with zero attached hydrogens (tertiary/aromatic N) is 2. The van der Waals surface area contributed by atoms with E-state index in [0.717, 1.165) is 35.9 Å². The molecule has 0 aromatic carbocycles. The highest BCUT2D eigenvalue weighted by molar-refractivity contribution is 6.33. The number of nitrogens with one attached hydrogen (secondary N) is 1. The summed E-state index contributed by atoms with van der Waals surface area (Å²) in [5, 5.41) is 3.90. The SMILES string of the molecule is CCC1CCCCN1c1ncc(CNC)cc1Cl. The second-order valence-corrected chi connectivity index (χ2v) is 5.34. The summed E-state index contributed by atoms with van der Waals surface area (Å²) in [6, 6.07) is 2.63. The monoisotopic (exact) mass is 267 g/mol. The third-order valence-electron chi connectivity index (χ3n) is 3.63. The number of aromatic nitrogens is 1. The second kappa shape index (κ2) is 6.39. The Morgan fingerprint density at radius 2 is 2.33 bits per heavy atom. The lowest BCUT2D eigenvalue weighted by molar-refractivity contribution is 0.447. The maximum atomic E-state index is 6.39. The average molecular weight is 268 g/mol. The fourth-order valence-electron chi connectivity index (χ4n) is 2.69. The van der Waals surface area contributed by atoms with Gasteiger partial charge in [-0.3, -0.25) is 0 Å². The summed E-state index contributed by atoms with van der Waals surface area (Å²) < 4.78 is 0. The van der Waals surface area contributed by atoms with Crippen molar-refractivity contribution in [2.24, 2.45) is 0 Å². The second-order valence-electron chi connectivity index (χ2n) is 4.93. The largest absolute Gasteiger partial charge is 0.352 e. The maximum Gasteiger partial charge on any atom is 0.147 e. The highest BCUT2D eigenvalue weighted by Crippen LogP contribution is 2.30. The summed E-state index contributed by atoms with van der Waals surface area (Å²) in [4.78, 5) is 6.96. The van der Waals surface area contributed by atoms with Gasteiger partial charge >= 0.3 is 0 Å². The summed E-state index contributed by atoms with van der Waals surface area (Å²) in [5.41, 5.74) is 1.14. The third kappa shape index (κ3) is 2.96. The average Bonchev–Trinajstić information content (AvgIpc) is 2.39. The molecule has 4 heteroatoms. The molecular weight excluding hydrogens is 246 g/mol. The Labute approximate surface area is 115 Å². The Morgan fingerprint density at radius 1 is 1.50 bits per heavy atom. The van der Waals surface area contributed by atoms with Crippen LogP contribution in [-0.2, 0) is 6.54 Å². The Bertz CT molecular complexity index is 395. The minimum absolute atomic E-state index is 0.596. The van der Waals surface area contributed by atoms with E-state index in [0.29, 0.717) is 6.04 Å². The summed E-state index contributed by atoms with van der Waals surface area (Å²) in [6.45, 7) is 4.13. The Hall–Kier alpha value is -0.800. The molecule has 1 aromatic rings. The zero-order valence-electron chi connectivity index (χ0n) is 11.2. The van der Waals surface area contributed by atoms with Crippen LogP contribution in [0.5, 0.6) is 0 Å². The van der Waals surface area contributed by atoms with Crippen LogP contribution in [0, 0.1) is 0 Å².